The topological polar surface area (TPSA) is 40.5 Å². The van der Waals surface area contributed by atoms with Crippen LogP contribution in [-0.4, -0.2) is 30.1 Å². The Morgan fingerprint density at radius 1 is 1.06 bits per heavy atom. The van der Waals surface area contributed by atoms with Crippen LogP contribution < -0.4 is 4.90 Å². The van der Waals surface area contributed by atoms with Gasteiger partial charge in [-0.25, -0.2) is 0 Å². The van der Waals surface area contributed by atoms with Gasteiger partial charge in [0.05, 0.1) is 12.1 Å². The lowest BCUT2D eigenvalue weighted by atomic mass is 9.48. The number of nitrogens with zero attached hydrogens (tertiary/aromatic N) is 1. The van der Waals surface area contributed by atoms with Gasteiger partial charge in [-0.05, 0) is 105 Å². The Kier molecular flexibility index (Phi) is 7.54. The number of fused-ring (bicyclic) bond motifs is 3. The second kappa shape index (κ2) is 9.96. The first-order valence-electron chi connectivity index (χ1n) is 14.1. The summed E-state index contributed by atoms with van der Waals surface area (Å²) in [5.74, 6) is 2.88. The number of aliphatic hydroxyl groups is 1. The molecule has 190 valence electrons. The van der Waals surface area contributed by atoms with Crippen molar-refractivity contribution >= 4 is 11.5 Å². The quantitative estimate of drug-likeness (QED) is 0.415. The number of para-hydroxylation sites is 1. The van der Waals surface area contributed by atoms with Crippen LogP contribution in [0.25, 0.3) is 0 Å². The SMILES string of the molecule is CCCC(C)(O)CC[C@@]1(C)CCC[C@@H]2[C@@H]1CC[C@]1(C)[C@@H](C(=O)CN(C)c3ccccc3)CC[C@@H]21. The van der Waals surface area contributed by atoms with Crippen molar-refractivity contribution in [3.8, 4) is 0 Å². The Labute approximate surface area is 208 Å². The van der Waals surface area contributed by atoms with Crippen molar-refractivity contribution in [2.24, 2.45) is 34.5 Å². The van der Waals surface area contributed by atoms with Crippen LogP contribution in [0.5, 0.6) is 0 Å². The van der Waals surface area contributed by atoms with E-state index < -0.39 is 5.60 Å². The Morgan fingerprint density at radius 2 is 1.79 bits per heavy atom. The Bertz CT molecular complexity index is 835. The second-order valence-electron chi connectivity index (χ2n) is 13.0. The second-order valence-corrected chi connectivity index (χ2v) is 13.0. The van der Waals surface area contributed by atoms with Gasteiger partial charge in [0.25, 0.3) is 0 Å². The first-order chi connectivity index (χ1) is 16.1. The van der Waals surface area contributed by atoms with Crippen LogP contribution in [0.15, 0.2) is 30.3 Å². The maximum atomic E-state index is 13.6. The van der Waals surface area contributed by atoms with E-state index in [1.165, 1.54) is 38.5 Å². The number of benzene rings is 1. The highest BCUT2D eigenvalue weighted by Gasteiger charge is 2.58. The van der Waals surface area contributed by atoms with Gasteiger partial charge in [0.2, 0.25) is 0 Å². The molecule has 4 rings (SSSR count). The van der Waals surface area contributed by atoms with Crippen molar-refractivity contribution in [2.45, 2.75) is 104 Å². The van der Waals surface area contributed by atoms with Gasteiger partial charge < -0.3 is 10.0 Å². The van der Waals surface area contributed by atoms with E-state index in [4.69, 9.17) is 0 Å². The molecule has 1 aromatic carbocycles. The third-order valence-corrected chi connectivity index (χ3v) is 10.6. The molecule has 3 fully saturated rings. The number of likely N-dealkylation sites (N-methyl/N-ethyl adjacent to an activating group) is 1. The lowest BCUT2D eigenvalue weighted by Crippen LogP contribution is -2.50. The number of Topliss-reactive ketones (excluding diaryl/α,β-unsaturated/α-hetero) is 1. The molecule has 0 bridgehead atoms. The molecule has 3 heteroatoms. The van der Waals surface area contributed by atoms with Crippen LogP contribution in [0.2, 0.25) is 0 Å². The predicted molar refractivity (Wildman–Crippen MR) is 142 cm³/mol. The third-order valence-electron chi connectivity index (χ3n) is 10.6. The number of ketones is 1. The molecular formula is C31H49NO2. The zero-order valence-corrected chi connectivity index (χ0v) is 22.5. The van der Waals surface area contributed by atoms with Crippen molar-refractivity contribution in [1.82, 2.24) is 0 Å². The van der Waals surface area contributed by atoms with Crippen molar-refractivity contribution < 1.29 is 9.90 Å². The van der Waals surface area contributed by atoms with E-state index in [1.54, 1.807) is 0 Å². The van der Waals surface area contributed by atoms with E-state index in [9.17, 15) is 9.90 Å². The summed E-state index contributed by atoms with van der Waals surface area (Å²) in [6.45, 7) is 9.72. The maximum Gasteiger partial charge on any atom is 0.155 e. The first kappa shape index (κ1) is 25.7. The van der Waals surface area contributed by atoms with Gasteiger partial charge in [0.1, 0.15) is 0 Å². The van der Waals surface area contributed by atoms with Crippen LogP contribution in [0.1, 0.15) is 98.3 Å². The molecule has 0 aromatic heterocycles. The molecule has 0 spiro atoms. The average molecular weight is 468 g/mol. The van der Waals surface area contributed by atoms with E-state index in [2.05, 4.69) is 44.9 Å². The summed E-state index contributed by atoms with van der Waals surface area (Å²) >= 11 is 0. The number of carbonyl (C=O) groups is 1. The summed E-state index contributed by atoms with van der Waals surface area (Å²) in [7, 11) is 2.05. The number of rotatable bonds is 9. The fourth-order valence-electron chi connectivity index (χ4n) is 8.66. The van der Waals surface area contributed by atoms with E-state index in [0.717, 1.165) is 49.6 Å². The summed E-state index contributed by atoms with van der Waals surface area (Å²) < 4.78 is 0. The Hall–Kier alpha value is -1.35. The largest absolute Gasteiger partial charge is 0.390 e. The summed E-state index contributed by atoms with van der Waals surface area (Å²) in [6, 6.07) is 10.3. The highest BCUT2D eigenvalue weighted by atomic mass is 16.3. The summed E-state index contributed by atoms with van der Waals surface area (Å²) in [6.07, 6.45) is 12.8. The van der Waals surface area contributed by atoms with Crippen molar-refractivity contribution in [2.75, 3.05) is 18.5 Å². The van der Waals surface area contributed by atoms with Gasteiger partial charge in [-0.15, -0.1) is 0 Å². The minimum Gasteiger partial charge on any atom is -0.390 e. The normalized spacial score (nSPS) is 36.9. The van der Waals surface area contributed by atoms with E-state index in [-0.39, 0.29) is 11.3 Å². The predicted octanol–water partition coefficient (Wildman–Crippen LogP) is 7.27. The molecule has 3 aliphatic carbocycles. The fraction of sp³-hybridized carbons (Fsp3) is 0.774. The number of hydrogen-bond acceptors (Lipinski definition) is 3. The number of anilines is 1. The molecule has 3 saturated carbocycles. The van der Waals surface area contributed by atoms with Gasteiger partial charge in [0.15, 0.2) is 5.78 Å². The van der Waals surface area contributed by atoms with Crippen LogP contribution in [0, 0.1) is 34.5 Å². The molecule has 1 unspecified atom stereocenters. The van der Waals surface area contributed by atoms with Gasteiger partial charge in [-0.1, -0.05) is 51.8 Å². The smallest absolute Gasteiger partial charge is 0.155 e. The van der Waals surface area contributed by atoms with Gasteiger partial charge in [-0.2, -0.15) is 0 Å². The molecular weight excluding hydrogens is 418 g/mol. The van der Waals surface area contributed by atoms with Crippen LogP contribution in [0.3, 0.4) is 0 Å². The highest BCUT2D eigenvalue weighted by Crippen LogP contribution is 2.65. The van der Waals surface area contributed by atoms with E-state index in [0.29, 0.717) is 23.7 Å². The number of carbonyl (C=O) groups excluding carboxylic acids is 1. The first-order valence-corrected chi connectivity index (χ1v) is 14.1. The lowest BCUT2D eigenvalue weighted by molar-refractivity contribution is -0.129. The van der Waals surface area contributed by atoms with Gasteiger partial charge in [-0.3, -0.25) is 4.79 Å². The van der Waals surface area contributed by atoms with E-state index in [1.807, 2.05) is 25.1 Å². The monoisotopic (exact) mass is 467 g/mol. The molecule has 1 aromatic rings. The minimum absolute atomic E-state index is 0.168. The molecule has 0 aliphatic heterocycles. The van der Waals surface area contributed by atoms with Gasteiger partial charge >= 0.3 is 0 Å². The molecule has 0 heterocycles. The average Bonchev–Trinajstić information content (AvgIpc) is 3.16. The van der Waals surface area contributed by atoms with Crippen molar-refractivity contribution in [1.29, 1.82) is 0 Å². The minimum atomic E-state index is -0.524. The van der Waals surface area contributed by atoms with Crippen LogP contribution >= 0.6 is 0 Å². The standard InChI is InChI=1S/C31H49NO2/c1-6-17-30(3,34)21-20-29(2)18-10-13-24-25(29)16-19-31(4)26(24)14-15-27(31)28(33)22-32(5)23-11-8-7-9-12-23/h7-9,11-12,24-27,34H,6,10,13-22H2,1-5H3/t24-,25+,26+,27-,29-,30?,31+/m1/s1. The van der Waals surface area contributed by atoms with Crippen molar-refractivity contribution in [3.63, 3.8) is 0 Å². The molecule has 0 radical (unpaired) electrons. The molecule has 34 heavy (non-hydrogen) atoms. The third kappa shape index (κ3) is 4.97. The van der Waals surface area contributed by atoms with Crippen molar-refractivity contribution in [3.05, 3.63) is 30.3 Å². The summed E-state index contributed by atoms with van der Waals surface area (Å²) in [5.41, 5.74) is 1.12. The molecule has 0 amide bonds. The molecule has 3 aliphatic rings. The summed E-state index contributed by atoms with van der Waals surface area (Å²) in [5, 5.41) is 10.9. The fourth-order valence-corrected chi connectivity index (χ4v) is 8.66. The molecule has 3 nitrogen and oxygen atoms in total. The lowest BCUT2D eigenvalue weighted by Gasteiger charge is -2.57. The highest BCUT2D eigenvalue weighted by molar-refractivity contribution is 5.86. The summed E-state index contributed by atoms with van der Waals surface area (Å²) in [4.78, 5) is 15.7. The number of hydrogen-bond donors (Lipinski definition) is 1. The Morgan fingerprint density at radius 3 is 2.50 bits per heavy atom. The molecule has 7 atom stereocenters. The van der Waals surface area contributed by atoms with Crippen LogP contribution in [0.4, 0.5) is 5.69 Å². The Balaban J connectivity index is 1.44. The zero-order chi connectivity index (χ0) is 24.6. The van der Waals surface area contributed by atoms with E-state index >= 15 is 0 Å². The molecule has 0 saturated heterocycles. The van der Waals surface area contributed by atoms with Crippen LogP contribution in [-0.2, 0) is 4.79 Å². The van der Waals surface area contributed by atoms with Gasteiger partial charge in [0, 0.05) is 18.7 Å². The molecule has 1 N–H and O–H groups in total. The maximum absolute atomic E-state index is 13.6. The zero-order valence-electron chi connectivity index (χ0n) is 22.5.